The molecule has 0 bridgehead atoms. The molecule has 0 aliphatic carbocycles. The van der Waals surface area contributed by atoms with Gasteiger partial charge in [0.1, 0.15) is 5.75 Å². The number of H-pyrrole nitrogens is 1. The summed E-state index contributed by atoms with van der Waals surface area (Å²) in [7, 11) is 0. The van der Waals surface area contributed by atoms with Gasteiger partial charge in [-0.25, -0.2) is 0 Å². The number of carbonyl (C=O) groups excluding carboxylic acids is 2. The molecule has 0 unspecified atom stereocenters. The van der Waals surface area contributed by atoms with E-state index in [-0.39, 0.29) is 17.2 Å². The number of aromatic amines is 1. The Bertz CT molecular complexity index is 956. The molecule has 0 radical (unpaired) electrons. The number of piperidine rings is 1. The number of hydrogen-bond acceptors (Lipinski definition) is 4. The summed E-state index contributed by atoms with van der Waals surface area (Å²) in [4.78, 5) is 27.8. The molecule has 1 spiro atoms. The molecule has 178 valence electrons. The van der Waals surface area contributed by atoms with Crippen molar-refractivity contribution in [2.75, 3.05) is 26.2 Å². The van der Waals surface area contributed by atoms with Crippen LogP contribution in [0, 0.1) is 19.3 Å². The zero-order chi connectivity index (χ0) is 23.3. The van der Waals surface area contributed by atoms with E-state index in [1.165, 1.54) is 0 Å². The predicted octanol–water partition coefficient (Wildman–Crippen LogP) is 3.95. The van der Waals surface area contributed by atoms with E-state index in [1.54, 1.807) is 0 Å². The molecule has 0 saturated carbocycles. The van der Waals surface area contributed by atoms with Crippen molar-refractivity contribution in [1.82, 2.24) is 20.4 Å². The van der Waals surface area contributed by atoms with Crippen LogP contribution in [-0.4, -0.2) is 53.2 Å². The lowest BCUT2D eigenvalue weighted by Gasteiger charge is -2.42. The lowest BCUT2D eigenvalue weighted by atomic mass is 9.74. The molecular formula is C26H36N4O3. The molecule has 1 aromatic heterocycles. The Morgan fingerprint density at radius 3 is 2.67 bits per heavy atom. The van der Waals surface area contributed by atoms with Crippen LogP contribution in [0.2, 0.25) is 0 Å². The highest BCUT2D eigenvalue weighted by molar-refractivity contribution is 5.96. The van der Waals surface area contributed by atoms with Gasteiger partial charge >= 0.3 is 0 Å². The maximum absolute atomic E-state index is 12.9. The first kappa shape index (κ1) is 23.3. The fourth-order valence-electron chi connectivity index (χ4n) is 5.18. The second-order valence-electron chi connectivity index (χ2n) is 9.63. The van der Waals surface area contributed by atoms with E-state index < -0.39 is 0 Å². The number of carbonyl (C=O) groups is 2. The Hall–Kier alpha value is -2.83. The number of nitrogens with one attached hydrogen (secondary N) is 2. The number of fused-ring (bicyclic) bond motifs is 1. The molecule has 7 heteroatoms. The van der Waals surface area contributed by atoms with Crippen LogP contribution >= 0.6 is 0 Å². The number of hydrogen-bond donors (Lipinski definition) is 2. The molecule has 1 saturated heterocycles. The van der Waals surface area contributed by atoms with Crippen LogP contribution in [0.15, 0.2) is 24.3 Å². The van der Waals surface area contributed by atoms with Gasteiger partial charge in [0, 0.05) is 31.7 Å². The van der Waals surface area contributed by atoms with Crippen LogP contribution in [0.1, 0.15) is 72.3 Å². The fourth-order valence-corrected chi connectivity index (χ4v) is 5.18. The van der Waals surface area contributed by atoms with Gasteiger partial charge < -0.3 is 15.0 Å². The standard InChI is InChI=1S/C26H36N4O3/c1-19-21(20(2)29-28-19)10-11-24(31)30-15-13-26(14-16-30)12-6-3-7-17-33-23-9-5-4-8-22(23)25(32)27-18-26/h4-5,8-9H,3,6-7,10-18H2,1-2H3,(H,27,32)(H,28,29). The highest BCUT2D eigenvalue weighted by Gasteiger charge is 2.36. The van der Waals surface area contributed by atoms with Crippen molar-refractivity contribution in [1.29, 1.82) is 0 Å². The zero-order valence-corrected chi connectivity index (χ0v) is 19.9. The molecule has 2 N–H and O–H groups in total. The summed E-state index contributed by atoms with van der Waals surface area (Å²) in [6, 6.07) is 7.47. The second-order valence-corrected chi connectivity index (χ2v) is 9.63. The van der Waals surface area contributed by atoms with Crippen molar-refractivity contribution in [3.63, 3.8) is 0 Å². The maximum atomic E-state index is 12.9. The van der Waals surface area contributed by atoms with Crippen molar-refractivity contribution < 1.29 is 14.3 Å². The molecule has 2 amide bonds. The SMILES string of the molecule is Cc1n[nH]c(C)c1CCC(=O)N1CCC2(CCCCCOc3ccccc3C(=O)NC2)CC1. The minimum atomic E-state index is -0.0742. The Labute approximate surface area is 196 Å². The molecular weight excluding hydrogens is 416 g/mol. The van der Waals surface area contributed by atoms with E-state index in [0.717, 1.165) is 75.0 Å². The summed E-state index contributed by atoms with van der Waals surface area (Å²) in [5.41, 5.74) is 3.84. The largest absolute Gasteiger partial charge is 0.493 e. The Balaban J connectivity index is 1.36. The number of nitrogens with zero attached hydrogens (tertiary/aromatic N) is 2. The summed E-state index contributed by atoms with van der Waals surface area (Å²) in [6.07, 6.45) is 7.40. The van der Waals surface area contributed by atoms with E-state index in [1.807, 2.05) is 43.0 Å². The van der Waals surface area contributed by atoms with Crippen LogP contribution in [0.4, 0.5) is 0 Å². The van der Waals surface area contributed by atoms with E-state index in [2.05, 4.69) is 15.5 Å². The molecule has 2 aromatic rings. The average molecular weight is 453 g/mol. The third-order valence-electron chi connectivity index (χ3n) is 7.41. The molecule has 3 heterocycles. The predicted molar refractivity (Wildman–Crippen MR) is 127 cm³/mol. The molecule has 33 heavy (non-hydrogen) atoms. The van der Waals surface area contributed by atoms with Gasteiger partial charge in [-0.05, 0) is 69.1 Å². The number of benzene rings is 1. The van der Waals surface area contributed by atoms with Crippen molar-refractivity contribution in [3.05, 3.63) is 46.8 Å². The summed E-state index contributed by atoms with van der Waals surface area (Å²) < 4.78 is 5.86. The number of amides is 2. The summed E-state index contributed by atoms with van der Waals surface area (Å²) in [5, 5.41) is 10.4. The lowest BCUT2D eigenvalue weighted by molar-refractivity contribution is -0.133. The quantitative estimate of drug-likeness (QED) is 0.738. The van der Waals surface area contributed by atoms with Crippen molar-refractivity contribution in [3.8, 4) is 5.75 Å². The van der Waals surface area contributed by atoms with Crippen molar-refractivity contribution >= 4 is 11.8 Å². The first-order valence-corrected chi connectivity index (χ1v) is 12.3. The van der Waals surface area contributed by atoms with Gasteiger partial charge in [-0.3, -0.25) is 14.7 Å². The molecule has 0 atom stereocenters. The second kappa shape index (κ2) is 10.4. The Kier molecular flexibility index (Phi) is 7.36. The molecule has 2 aliphatic heterocycles. The Morgan fingerprint density at radius 1 is 1.12 bits per heavy atom. The third kappa shape index (κ3) is 5.57. The van der Waals surface area contributed by atoms with Crippen molar-refractivity contribution in [2.45, 2.75) is 65.2 Å². The van der Waals surface area contributed by atoms with Gasteiger partial charge in [-0.1, -0.05) is 25.0 Å². The van der Waals surface area contributed by atoms with Crippen molar-refractivity contribution in [2.24, 2.45) is 5.41 Å². The van der Waals surface area contributed by atoms with Gasteiger partial charge in [0.25, 0.3) is 5.91 Å². The summed E-state index contributed by atoms with van der Waals surface area (Å²) in [5.74, 6) is 0.802. The van der Waals surface area contributed by atoms with E-state index in [0.29, 0.717) is 30.9 Å². The van der Waals surface area contributed by atoms with Crippen LogP contribution in [0.5, 0.6) is 5.75 Å². The molecule has 4 rings (SSSR count). The fraction of sp³-hybridized carbons (Fsp3) is 0.577. The topological polar surface area (TPSA) is 87.3 Å². The average Bonchev–Trinajstić information content (AvgIpc) is 3.15. The summed E-state index contributed by atoms with van der Waals surface area (Å²) in [6.45, 7) is 6.80. The molecule has 1 fully saturated rings. The van der Waals surface area contributed by atoms with Crippen LogP contribution in [0.3, 0.4) is 0 Å². The number of ether oxygens (including phenoxy) is 1. The lowest BCUT2D eigenvalue weighted by Crippen LogP contribution is -2.48. The molecule has 2 aliphatic rings. The van der Waals surface area contributed by atoms with Gasteiger partial charge in [0.15, 0.2) is 0 Å². The highest BCUT2D eigenvalue weighted by Crippen LogP contribution is 2.37. The number of likely N-dealkylation sites (tertiary alicyclic amines) is 1. The molecule has 7 nitrogen and oxygen atoms in total. The monoisotopic (exact) mass is 452 g/mol. The third-order valence-corrected chi connectivity index (χ3v) is 7.41. The number of aromatic nitrogens is 2. The Morgan fingerprint density at radius 2 is 1.91 bits per heavy atom. The minimum Gasteiger partial charge on any atom is -0.493 e. The van der Waals surface area contributed by atoms with Crippen LogP contribution in [0.25, 0.3) is 0 Å². The first-order chi connectivity index (χ1) is 16.0. The zero-order valence-electron chi connectivity index (χ0n) is 19.9. The van der Waals surface area contributed by atoms with Gasteiger partial charge in [-0.2, -0.15) is 5.10 Å². The van der Waals surface area contributed by atoms with Gasteiger partial charge in [-0.15, -0.1) is 0 Å². The number of rotatable bonds is 3. The number of para-hydroxylation sites is 1. The van der Waals surface area contributed by atoms with Gasteiger partial charge in [0.05, 0.1) is 17.9 Å². The van der Waals surface area contributed by atoms with Crippen LogP contribution in [-0.2, 0) is 11.2 Å². The molecule has 1 aromatic carbocycles. The van der Waals surface area contributed by atoms with Gasteiger partial charge in [0.2, 0.25) is 5.91 Å². The van der Waals surface area contributed by atoms with E-state index in [9.17, 15) is 9.59 Å². The highest BCUT2D eigenvalue weighted by atomic mass is 16.5. The number of aryl methyl sites for hydroxylation is 2. The van der Waals surface area contributed by atoms with Crippen LogP contribution < -0.4 is 10.1 Å². The van der Waals surface area contributed by atoms with E-state index >= 15 is 0 Å². The summed E-state index contributed by atoms with van der Waals surface area (Å²) >= 11 is 0. The smallest absolute Gasteiger partial charge is 0.255 e. The minimum absolute atomic E-state index is 0.0547. The maximum Gasteiger partial charge on any atom is 0.255 e. The van der Waals surface area contributed by atoms with E-state index in [4.69, 9.17) is 4.74 Å². The first-order valence-electron chi connectivity index (χ1n) is 12.3. The normalized spacial score (nSPS) is 19.1.